The average Bonchev–Trinajstić information content (AvgIpc) is 3.38. The molecule has 0 radical (unpaired) electrons. The summed E-state index contributed by atoms with van der Waals surface area (Å²) in [6.07, 6.45) is 2.00. The van der Waals surface area contributed by atoms with Gasteiger partial charge in [0, 0.05) is 24.8 Å². The van der Waals surface area contributed by atoms with E-state index in [2.05, 4.69) is 10.2 Å². The summed E-state index contributed by atoms with van der Waals surface area (Å²) < 4.78 is 6.46. The van der Waals surface area contributed by atoms with Crippen LogP contribution < -0.4 is 10.2 Å². The zero-order valence-electron chi connectivity index (χ0n) is 15.8. The summed E-state index contributed by atoms with van der Waals surface area (Å²) >= 11 is 1.64. The number of aliphatic hydroxyl groups is 1. The number of aromatic nitrogens is 1. The van der Waals surface area contributed by atoms with Crippen LogP contribution in [0.25, 0.3) is 10.2 Å². The van der Waals surface area contributed by atoms with E-state index in [4.69, 9.17) is 9.72 Å². The Hall–Kier alpha value is -1.90. The van der Waals surface area contributed by atoms with Gasteiger partial charge in [0.15, 0.2) is 5.13 Å². The molecule has 2 heterocycles. The van der Waals surface area contributed by atoms with Gasteiger partial charge in [-0.3, -0.25) is 0 Å². The van der Waals surface area contributed by atoms with E-state index >= 15 is 0 Å². The molecule has 0 unspecified atom stereocenters. The molecular formula is C19H26N4O3S. The zero-order valence-corrected chi connectivity index (χ0v) is 16.6. The van der Waals surface area contributed by atoms with Crippen molar-refractivity contribution in [1.29, 1.82) is 0 Å². The largest absolute Gasteiger partial charge is 0.389 e. The number of morpholine rings is 1. The van der Waals surface area contributed by atoms with Crippen molar-refractivity contribution in [2.45, 2.75) is 38.3 Å². The lowest BCUT2D eigenvalue weighted by Gasteiger charge is -2.29. The number of anilines is 2. The van der Waals surface area contributed by atoms with E-state index in [1.807, 2.05) is 18.2 Å². The third-order valence-electron chi connectivity index (χ3n) is 4.72. The van der Waals surface area contributed by atoms with Gasteiger partial charge in [-0.25, -0.2) is 9.78 Å². The molecular weight excluding hydrogens is 364 g/mol. The van der Waals surface area contributed by atoms with Gasteiger partial charge in [-0.2, -0.15) is 0 Å². The summed E-state index contributed by atoms with van der Waals surface area (Å²) in [6.45, 7) is 6.96. The predicted molar refractivity (Wildman–Crippen MR) is 108 cm³/mol. The molecule has 0 spiro atoms. The fourth-order valence-electron chi connectivity index (χ4n) is 3.25. The second-order valence-electron chi connectivity index (χ2n) is 7.88. The molecule has 8 heteroatoms. The monoisotopic (exact) mass is 390 g/mol. The van der Waals surface area contributed by atoms with E-state index in [0.717, 1.165) is 60.2 Å². The first kappa shape index (κ1) is 18.5. The summed E-state index contributed by atoms with van der Waals surface area (Å²) in [5.41, 5.74) is 0.787. The molecule has 7 nitrogen and oxygen atoms in total. The van der Waals surface area contributed by atoms with Crippen LogP contribution in [0.1, 0.15) is 26.7 Å². The van der Waals surface area contributed by atoms with Gasteiger partial charge >= 0.3 is 6.03 Å². The molecule has 2 aliphatic rings. The van der Waals surface area contributed by atoms with Crippen LogP contribution >= 0.6 is 11.3 Å². The van der Waals surface area contributed by atoms with Crippen LogP contribution in [0.4, 0.5) is 15.6 Å². The van der Waals surface area contributed by atoms with Gasteiger partial charge in [-0.1, -0.05) is 11.3 Å². The lowest BCUT2D eigenvalue weighted by molar-refractivity contribution is 0.0467. The Kier molecular flexibility index (Phi) is 4.96. The van der Waals surface area contributed by atoms with Crippen LogP contribution in [0, 0.1) is 0 Å². The molecule has 2 amide bonds. The van der Waals surface area contributed by atoms with Crippen molar-refractivity contribution in [3.05, 3.63) is 18.2 Å². The van der Waals surface area contributed by atoms with Gasteiger partial charge in [0.1, 0.15) is 0 Å². The maximum atomic E-state index is 12.7. The SMILES string of the molecule is CC(C)(O)CN(C(=O)Nc1ccc2nc(N3CCOCC3)sc2c1)C1CC1. The van der Waals surface area contributed by atoms with E-state index < -0.39 is 5.60 Å². The molecule has 27 heavy (non-hydrogen) atoms. The van der Waals surface area contributed by atoms with Crippen molar-refractivity contribution < 1.29 is 14.6 Å². The lowest BCUT2D eigenvalue weighted by atomic mass is 10.1. The quantitative estimate of drug-likeness (QED) is 0.821. The highest BCUT2D eigenvalue weighted by Gasteiger charge is 2.35. The summed E-state index contributed by atoms with van der Waals surface area (Å²) in [6, 6.07) is 5.89. The first-order chi connectivity index (χ1) is 12.9. The molecule has 1 aromatic heterocycles. The van der Waals surface area contributed by atoms with Gasteiger partial charge in [-0.05, 0) is 44.9 Å². The molecule has 4 rings (SSSR count). The van der Waals surface area contributed by atoms with Crippen LogP contribution in [-0.2, 0) is 4.74 Å². The number of ether oxygens (including phenoxy) is 1. The maximum absolute atomic E-state index is 12.7. The summed E-state index contributed by atoms with van der Waals surface area (Å²) in [4.78, 5) is 21.4. The van der Waals surface area contributed by atoms with Gasteiger partial charge in [-0.15, -0.1) is 0 Å². The van der Waals surface area contributed by atoms with E-state index in [0.29, 0.717) is 6.54 Å². The fourth-order valence-corrected chi connectivity index (χ4v) is 4.30. The molecule has 1 saturated heterocycles. The molecule has 0 bridgehead atoms. The standard InChI is InChI=1S/C19H26N4O3S/c1-19(2,25)12-23(14-4-5-14)17(24)20-13-3-6-15-16(11-13)27-18(21-15)22-7-9-26-10-8-22/h3,6,11,14,25H,4-5,7-10,12H2,1-2H3,(H,20,24). The Balaban J connectivity index is 1.49. The molecule has 0 atom stereocenters. The Bertz CT molecular complexity index is 822. The second kappa shape index (κ2) is 7.26. The number of carbonyl (C=O) groups excluding carboxylic acids is 1. The number of rotatable bonds is 5. The maximum Gasteiger partial charge on any atom is 0.322 e. The number of amides is 2. The number of hydrogen-bond donors (Lipinski definition) is 2. The van der Waals surface area contributed by atoms with Crippen molar-refractivity contribution >= 4 is 38.4 Å². The van der Waals surface area contributed by atoms with Gasteiger partial charge in [0.05, 0.1) is 35.6 Å². The zero-order chi connectivity index (χ0) is 19.0. The number of fused-ring (bicyclic) bond motifs is 1. The minimum Gasteiger partial charge on any atom is -0.389 e. The molecule has 1 aliphatic carbocycles. The number of carbonyl (C=O) groups is 1. The third kappa shape index (κ3) is 4.51. The van der Waals surface area contributed by atoms with Crippen LogP contribution in [0.15, 0.2) is 18.2 Å². The highest BCUT2D eigenvalue weighted by molar-refractivity contribution is 7.22. The number of nitrogens with zero attached hydrogens (tertiary/aromatic N) is 3. The van der Waals surface area contributed by atoms with Crippen LogP contribution in [-0.4, -0.2) is 65.5 Å². The molecule has 1 aliphatic heterocycles. The fraction of sp³-hybridized carbons (Fsp3) is 0.579. The predicted octanol–water partition coefficient (Wildman–Crippen LogP) is 2.90. The summed E-state index contributed by atoms with van der Waals surface area (Å²) in [5, 5.41) is 14.1. The van der Waals surface area contributed by atoms with E-state index in [9.17, 15) is 9.90 Å². The second-order valence-corrected chi connectivity index (χ2v) is 8.89. The minimum absolute atomic E-state index is 0.156. The van der Waals surface area contributed by atoms with Crippen molar-refractivity contribution in [2.24, 2.45) is 0 Å². The Labute approximate surface area is 162 Å². The average molecular weight is 391 g/mol. The van der Waals surface area contributed by atoms with Crippen molar-refractivity contribution in [3.8, 4) is 0 Å². The van der Waals surface area contributed by atoms with E-state index in [-0.39, 0.29) is 12.1 Å². The van der Waals surface area contributed by atoms with Crippen molar-refractivity contribution in [3.63, 3.8) is 0 Å². The van der Waals surface area contributed by atoms with Gasteiger partial charge in [0.2, 0.25) is 0 Å². The Morgan fingerprint density at radius 3 is 2.81 bits per heavy atom. The number of benzene rings is 1. The smallest absolute Gasteiger partial charge is 0.322 e. The summed E-state index contributed by atoms with van der Waals surface area (Å²) in [7, 11) is 0. The molecule has 2 fully saturated rings. The van der Waals surface area contributed by atoms with Crippen molar-refractivity contribution in [1.82, 2.24) is 9.88 Å². The summed E-state index contributed by atoms with van der Waals surface area (Å²) in [5.74, 6) is 0. The molecule has 2 N–H and O–H groups in total. The number of urea groups is 1. The first-order valence-electron chi connectivity index (χ1n) is 9.42. The normalized spacial score (nSPS) is 18.0. The van der Waals surface area contributed by atoms with Gasteiger partial charge < -0.3 is 25.0 Å². The molecule has 2 aromatic rings. The number of nitrogens with one attached hydrogen (secondary N) is 1. The Morgan fingerprint density at radius 1 is 1.41 bits per heavy atom. The van der Waals surface area contributed by atoms with Gasteiger partial charge in [0.25, 0.3) is 0 Å². The van der Waals surface area contributed by atoms with Crippen LogP contribution in [0.3, 0.4) is 0 Å². The highest BCUT2D eigenvalue weighted by Crippen LogP contribution is 2.32. The topological polar surface area (TPSA) is 77.9 Å². The first-order valence-corrected chi connectivity index (χ1v) is 10.2. The molecule has 1 aromatic carbocycles. The number of hydrogen-bond acceptors (Lipinski definition) is 6. The Morgan fingerprint density at radius 2 is 2.15 bits per heavy atom. The lowest BCUT2D eigenvalue weighted by Crippen LogP contribution is -2.45. The van der Waals surface area contributed by atoms with Crippen LogP contribution in [0.5, 0.6) is 0 Å². The molecule has 146 valence electrons. The van der Waals surface area contributed by atoms with Crippen molar-refractivity contribution in [2.75, 3.05) is 43.1 Å². The third-order valence-corrected chi connectivity index (χ3v) is 5.79. The van der Waals surface area contributed by atoms with E-state index in [1.54, 1.807) is 30.1 Å². The highest BCUT2D eigenvalue weighted by atomic mass is 32.1. The molecule has 1 saturated carbocycles. The van der Waals surface area contributed by atoms with Crippen LogP contribution in [0.2, 0.25) is 0 Å². The van der Waals surface area contributed by atoms with E-state index in [1.165, 1.54) is 0 Å². The minimum atomic E-state index is -0.908. The number of thiazole rings is 1.